The van der Waals surface area contributed by atoms with Gasteiger partial charge in [0.2, 0.25) is 5.91 Å². The van der Waals surface area contributed by atoms with Gasteiger partial charge >= 0.3 is 0 Å². The van der Waals surface area contributed by atoms with E-state index in [9.17, 15) is 4.79 Å². The van der Waals surface area contributed by atoms with Gasteiger partial charge in [-0.15, -0.1) is 12.4 Å². The first kappa shape index (κ1) is 20.3. The average Bonchev–Trinajstić information content (AvgIpc) is 3.13. The van der Waals surface area contributed by atoms with Crippen LogP contribution in [0, 0.1) is 12.8 Å². The Balaban J connectivity index is 0.00000243. The summed E-state index contributed by atoms with van der Waals surface area (Å²) in [6.45, 7) is 4.72. The van der Waals surface area contributed by atoms with Gasteiger partial charge in [0.15, 0.2) is 0 Å². The Hall–Kier alpha value is -2.04. The minimum absolute atomic E-state index is 0. The number of halogens is 1. The molecule has 1 saturated heterocycles. The van der Waals surface area contributed by atoms with Crippen molar-refractivity contribution >= 4 is 24.0 Å². The molecule has 1 amide bonds. The molecule has 1 unspecified atom stereocenters. The summed E-state index contributed by atoms with van der Waals surface area (Å²) in [5.74, 6) is 1.47. The van der Waals surface area contributed by atoms with Crippen molar-refractivity contribution in [3.63, 3.8) is 0 Å². The predicted octanol–water partition coefficient (Wildman–Crippen LogP) is 4.32. The van der Waals surface area contributed by atoms with E-state index in [1.807, 2.05) is 36.4 Å². The van der Waals surface area contributed by atoms with Gasteiger partial charge < -0.3 is 15.4 Å². The zero-order valence-electron chi connectivity index (χ0n) is 15.2. The standard InChI is InChI=1S/C21H26N2O2.ClH/c1-16-5-2-3-6-18(16)15-25-20-8-4-7-19(13-20)23-21(24)10-9-17-11-12-22-14-17;/h2-8,13,17,22H,9-12,14-15H2,1H3,(H,23,24);1H. The molecule has 1 atom stereocenters. The zero-order valence-corrected chi connectivity index (χ0v) is 16.0. The predicted molar refractivity (Wildman–Crippen MR) is 108 cm³/mol. The van der Waals surface area contributed by atoms with Gasteiger partial charge in [-0.2, -0.15) is 0 Å². The zero-order chi connectivity index (χ0) is 17.5. The molecular formula is C21H27ClN2O2. The Morgan fingerprint density at radius 2 is 2.08 bits per heavy atom. The third kappa shape index (κ3) is 6.04. The van der Waals surface area contributed by atoms with Crippen LogP contribution in [0.1, 0.15) is 30.4 Å². The molecule has 0 saturated carbocycles. The molecule has 0 aromatic heterocycles. The van der Waals surface area contributed by atoms with Gasteiger partial charge in [-0.1, -0.05) is 30.3 Å². The van der Waals surface area contributed by atoms with Crippen LogP contribution < -0.4 is 15.4 Å². The summed E-state index contributed by atoms with van der Waals surface area (Å²) in [5, 5.41) is 6.31. The molecule has 5 heteroatoms. The van der Waals surface area contributed by atoms with Crippen LogP contribution in [0.25, 0.3) is 0 Å². The number of ether oxygens (including phenoxy) is 1. The number of anilines is 1. The van der Waals surface area contributed by atoms with E-state index >= 15 is 0 Å². The van der Waals surface area contributed by atoms with Crippen molar-refractivity contribution in [3.05, 3.63) is 59.7 Å². The topological polar surface area (TPSA) is 50.4 Å². The molecule has 26 heavy (non-hydrogen) atoms. The van der Waals surface area contributed by atoms with Gasteiger partial charge in [-0.05, 0) is 62.0 Å². The van der Waals surface area contributed by atoms with Crippen LogP contribution in [0.5, 0.6) is 5.75 Å². The second-order valence-electron chi connectivity index (χ2n) is 6.69. The maximum absolute atomic E-state index is 12.1. The van der Waals surface area contributed by atoms with Crippen molar-refractivity contribution in [2.24, 2.45) is 5.92 Å². The smallest absolute Gasteiger partial charge is 0.224 e. The fourth-order valence-corrected chi connectivity index (χ4v) is 3.12. The number of aryl methyl sites for hydroxylation is 1. The minimum atomic E-state index is 0. The van der Waals surface area contributed by atoms with Gasteiger partial charge in [0.25, 0.3) is 0 Å². The number of benzene rings is 2. The van der Waals surface area contributed by atoms with Crippen LogP contribution in [0.4, 0.5) is 5.69 Å². The lowest BCUT2D eigenvalue weighted by atomic mass is 10.0. The van der Waals surface area contributed by atoms with E-state index in [0.717, 1.165) is 30.9 Å². The highest BCUT2D eigenvalue weighted by atomic mass is 35.5. The Labute approximate surface area is 161 Å². The fourth-order valence-electron chi connectivity index (χ4n) is 3.12. The lowest BCUT2D eigenvalue weighted by molar-refractivity contribution is -0.116. The normalized spacial score (nSPS) is 16.0. The fraction of sp³-hybridized carbons (Fsp3) is 0.381. The SMILES string of the molecule is Cc1ccccc1COc1cccc(NC(=O)CCC2CCNC2)c1.Cl. The van der Waals surface area contributed by atoms with Crippen LogP contribution in [-0.2, 0) is 11.4 Å². The van der Waals surface area contributed by atoms with Crippen molar-refractivity contribution in [2.45, 2.75) is 32.8 Å². The first-order valence-electron chi connectivity index (χ1n) is 8.98. The minimum Gasteiger partial charge on any atom is -0.489 e. The van der Waals surface area contributed by atoms with Crippen LogP contribution in [0.15, 0.2) is 48.5 Å². The molecule has 0 aliphatic carbocycles. The van der Waals surface area contributed by atoms with E-state index in [-0.39, 0.29) is 18.3 Å². The molecule has 1 fully saturated rings. The number of hydrogen-bond acceptors (Lipinski definition) is 3. The quantitative estimate of drug-likeness (QED) is 0.758. The van der Waals surface area contributed by atoms with Gasteiger partial charge in [0, 0.05) is 18.2 Å². The summed E-state index contributed by atoms with van der Waals surface area (Å²) in [4.78, 5) is 12.1. The van der Waals surface area contributed by atoms with Crippen molar-refractivity contribution < 1.29 is 9.53 Å². The van der Waals surface area contributed by atoms with E-state index < -0.39 is 0 Å². The summed E-state index contributed by atoms with van der Waals surface area (Å²) >= 11 is 0. The molecule has 0 bridgehead atoms. The van der Waals surface area contributed by atoms with Gasteiger partial charge in [0.05, 0.1) is 0 Å². The molecule has 1 heterocycles. The van der Waals surface area contributed by atoms with Crippen LogP contribution in [0.2, 0.25) is 0 Å². The first-order valence-corrected chi connectivity index (χ1v) is 8.98. The van der Waals surface area contributed by atoms with Crippen LogP contribution >= 0.6 is 12.4 Å². The third-order valence-electron chi connectivity index (χ3n) is 4.72. The second kappa shape index (κ2) is 10.2. The monoisotopic (exact) mass is 374 g/mol. The summed E-state index contributed by atoms with van der Waals surface area (Å²) in [6.07, 6.45) is 2.69. The van der Waals surface area contributed by atoms with Crippen LogP contribution in [-0.4, -0.2) is 19.0 Å². The largest absolute Gasteiger partial charge is 0.489 e. The van der Waals surface area contributed by atoms with E-state index in [4.69, 9.17) is 4.74 Å². The van der Waals surface area contributed by atoms with Crippen molar-refractivity contribution in [1.29, 1.82) is 0 Å². The number of rotatable bonds is 7. The summed E-state index contributed by atoms with van der Waals surface area (Å²) in [7, 11) is 0. The highest BCUT2D eigenvalue weighted by molar-refractivity contribution is 5.90. The molecule has 2 aromatic rings. The van der Waals surface area contributed by atoms with Crippen LogP contribution in [0.3, 0.4) is 0 Å². The summed E-state index contributed by atoms with van der Waals surface area (Å²) in [6, 6.07) is 15.8. The third-order valence-corrected chi connectivity index (χ3v) is 4.72. The van der Waals surface area contributed by atoms with Crippen molar-refractivity contribution in [1.82, 2.24) is 5.32 Å². The maximum atomic E-state index is 12.1. The maximum Gasteiger partial charge on any atom is 0.224 e. The highest BCUT2D eigenvalue weighted by Crippen LogP contribution is 2.20. The molecule has 3 rings (SSSR count). The second-order valence-corrected chi connectivity index (χ2v) is 6.69. The number of amides is 1. The molecule has 2 N–H and O–H groups in total. The Kier molecular flexibility index (Phi) is 7.95. The molecule has 0 radical (unpaired) electrons. The molecule has 140 valence electrons. The molecule has 0 spiro atoms. The summed E-state index contributed by atoms with van der Waals surface area (Å²) in [5.41, 5.74) is 3.17. The van der Waals surface area contributed by atoms with Gasteiger partial charge in [-0.3, -0.25) is 4.79 Å². The molecular weight excluding hydrogens is 348 g/mol. The van der Waals surface area contributed by atoms with Gasteiger partial charge in [-0.25, -0.2) is 0 Å². The molecule has 4 nitrogen and oxygen atoms in total. The lowest BCUT2D eigenvalue weighted by Gasteiger charge is -2.11. The van der Waals surface area contributed by atoms with E-state index in [2.05, 4.69) is 29.7 Å². The Bertz CT molecular complexity index is 715. The Morgan fingerprint density at radius 1 is 1.23 bits per heavy atom. The molecule has 1 aliphatic heterocycles. The van der Waals surface area contributed by atoms with E-state index in [1.165, 1.54) is 17.5 Å². The molecule has 2 aromatic carbocycles. The first-order chi connectivity index (χ1) is 12.2. The average molecular weight is 375 g/mol. The number of nitrogens with one attached hydrogen (secondary N) is 2. The van der Waals surface area contributed by atoms with Crippen molar-refractivity contribution in [3.8, 4) is 5.75 Å². The van der Waals surface area contributed by atoms with Crippen molar-refractivity contribution in [2.75, 3.05) is 18.4 Å². The van der Waals surface area contributed by atoms with Gasteiger partial charge in [0.1, 0.15) is 12.4 Å². The molecule has 1 aliphatic rings. The number of carbonyl (C=O) groups excluding carboxylic acids is 1. The lowest BCUT2D eigenvalue weighted by Crippen LogP contribution is -2.15. The Morgan fingerprint density at radius 3 is 2.85 bits per heavy atom. The van der Waals surface area contributed by atoms with E-state index in [1.54, 1.807) is 0 Å². The number of carbonyl (C=O) groups is 1. The van der Waals surface area contributed by atoms with E-state index in [0.29, 0.717) is 18.9 Å². The number of hydrogen-bond donors (Lipinski definition) is 2. The summed E-state index contributed by atoms with van der Waals surface area (Å²) < 4.78 is 5.88. The highest BCUT2D eigenvalue weighted by Gasteiger charge is 2.15.